The van der Waals surface area contributed by atoms with Crippen molar-refractivity contribution >= 4 is 112 Å². The zero-order valence-electron chi connectivity index (χ0n) is 60.7. The number of aliphatic carboxylic acids is 4. The Morgan fingerprint density at radius 1 is 0.500 bits per heavy atom. The van der Waals surface area contributed by atoms with Gasteiger partial charge in [0.15, 0.2) is 22.7 Å². The fraction of sp³-hybridized carbons (Fsp3) is 0.621. The number of rotatable bonds is 53. The number of aliphatic hydroxyl groups excluding tert-OH is 16. The Labute approximate surface area is 650 Å². The van der Waals surface area contributed by atoms with Gasteiger partial charge in [0.2, 0.25) is 29.6 Å². The molecule has 0 bridgehead atoms. The topological polar surface area (TPSA) is 803 Å². The van der Waals surface area contributed by atoms with Crippen LogP contribution in [0.15, 0.2) is 35.3 Å². The Morgan fingerprint density at radius 2 is 0.912 bits per heavy atom. The lowest BCUT2D eigenvalue weighted by atomic mass is 9.86. The first-order chi connectivity index (χ1) is 53.6. The number of aromatic nitrogens is 4. The van der Waals surface area contributed by atoms with Crippen molar-refractivity contribution in [1.29, 1.82) is 0 Å². The Bertz CT molecular complexity index is 3840. The Balaban J connectivity index is 1.45. The molecule has 47 nitrogen and oxygen atoms in total. The van der Waals surface area contributed by atoms with Crippen LogP contribution in [0.3, 0.4) is 0 Å². The molecular formula is C66H97N13O34S. The number of benzene rings is 1. The maximum atomic E-state index is 14.2. The number of thiol groups is 1. The third-order valence-corrected chi connectivity index (χ3v) is 18.8. The first-order valence-electron chi connectivity index (χ1n) is 35.1. The molecule has 29 N–H and O–H groups in total. The Kier molecular flexibility index (Phi) is 39.8. The second kappa shape index (κ2) is 46.8. The molecule has 3 heterocycles. The number of nitrogens with two attached hydrogens (primary N) is 1. The van der Waals surface area contributed by atoms with E-state index >= 15 is 0 Å². The average Bonchev–Trinajstić information content (AvgIpc) is 0.811. The number of carbonyl (C=O) groups is 13. The van der Waals surface area contributed by atoms with E-state index in [1.807, 2.05) is 16.0 Å². The SMILES string of the molecule is Nc1nc2ncc(CNc3ccc(C(=O)N[C@@H](CCC(=O)C[C@H](C(=O)N[C@@H](CC(=O)O)C(=O)C[C@H](C(=O)NCCN4CCN(CC(=O)C[C@H](C(=O)N[C@@H](CC(=O)O)C(=O)C[C@H](C(=O)N[C@H](CS)C(=O)O)[C@@H](O)[C@H](O)[C@H](O)CO)[C@@H](O)[C@H](O)[C@H](O)CO)CC4)[C@@H](O)[C@H](O)[C@H](O)CO)[C@@H](O)[C@H](O)[C@H](O)CO)C(=O)O)cc3)nc2c(=O)[nH]1. The van der Waals surface area contributed by atoms with Gasteiger partial charge in [0.1, 0.15) is 72.5 Å². The first-order valence-corrected chi connectivity index (χ1v) is 35.7. The second-order valence-electron chi connectivity index (χ2n) is 26.8. The van der Waals surface area contributed by atoms with Gasteiger partial charge in [-0.3, -0.25) is 72.3 Å². The number of carboxylic acid groups (broad SMARTS) is 4. The normalized spacial score (nSPS) is 18.0. The van der Waals surface area contributed by atoms with E-state index in [9.17, 15) is 169 Å². The van der Waals surface area contributed by atoms with Gasteiger partial charge < -0.3 is 140 Å². The summed E-state index contributed by atoms with van der Waals surface area (Å²) < 4.78 is 0. The number of hydrogen-bond donors (Lipinski definition) is 29. The summed E-state index contributed by atoms with van der Waals surface area (Å²) in [5, 5.41) is 219. The summed E-state index contributed by atoms with van der Waals surface area (Å²) in [7, 11) is 0. The molecule has 1 fully saturated rings. The van der Waals surface area contributed by atoms with Gasteiger partial charge in [0.05, 0.1) is 124 Å². The third kappa shape index (κ3) is 29.5. The number of amides is 5. The molecule has 2 aromatic heterocycles. The lowest BCUT2D eigenvalue weighted by molar-refractivity contribution is -0.149. The molecule has 0 radical (unpaired) electrons. The van der Waals surface area contributed by atoms with Crippen LogP contribution in [0.2, 0.25) is 0 Å². The van der Waals surface area contributed by atoms with Gasteiger partial charge in [-0.15, -0.1) is 0 Å². The van der Waals surface area contributed by atoms with Gasteiger partial charge in [0, 0.05) is 88.4 Å². The zero-order chi connectivity index (χ0) is 85.7. The summed E-state index contributed by atoms with van der Waals surface area (Å²) in [4.78, 5) is 202. The standard InChI is InChI=1S/C66H97N13O34S/c67-66-76-57-48(63(109)77-66)71-29(20-70-57)19-69-28-3-1-27(2-4-28)58(104)72-36(64(110)111)6-5-30(84)13-32(49(96)53(100)42(88)22-80)60(106)73-37(17-46(92)93)40(86)15-34(51(98)55(102)44(90)24-82)59(105)68-7-8-78-9-11-79(12-10-78)21-31(85)14-33(50(97)54(101)43(89)23-81)61(107)74-38(18-47(94)95)41(87)16-35(52(99)56(103)45(91)25-83)62(108)75-39(26-114)65(112)113/h1-4,20,32-39,42-45,49-56,69,80-83,88-91,96-103,114H,5-19,21-26H2,(H,68,105)(H,72,104)(H,73,106)(H,74,107)(H,75,108)(H,92,93)(H,94,95)(H,110,111)(H,112,113)(H3,67,70,76,77,109)/t32-,33-,34-,35-,36-,37-,38-,39+,42+,43+,44+,45+,49+,50+,51+,52+,53+,54+,55+,56+/m0/s1. The fourth-order valence-electron chi connectivity index (χ4n) is 11.7. The van der Waals surface area contributed by atoms with Gasteiger partial charge in [-0.25, -0.2) is 19.6 Å². The van der Waals surface area contributed by atoms with E-state index in [0.717, 1.165) is 0 Å². The Morgan fingerprint density at radius 3 is 1.33 bits per heavy atom. The molecule has 1 aliphatic rings. The van der Waals surface area contributed by atoms with Crippen LogP contribution in [-0.4, -0.2) is 384 Å². The molecule has 1 aliphatic heterocycles. The number of nitrogens with one attached hydrogen (secondary N) is 7. The molecule has 114 heavy (non-hydrogen) atoms. The minimum atomic E-state index is -2.54. The summed E-state index contributed by atoms with van der Waals surface area (Å²) >= 11 is 3.80. The summed E-state index contributed by atoms with van der Waals surface area (Å²) in [5.74, 6) is -28.3. The smallest absolute Gasteiger partial charge is 0.327 e. The number of aliphatic hydroxyl groups is 16. The number of fused-ring (bicyclic) bond motifs is 1. The molecular weight excluding hydrogens is 1550 g/mol. The maximum Gasteiger partial charge on any atom is 0.327 e. The van der Waals surface area contributed by atoms with Crippen LogP contribution < -0.4 is 43.2 Å². The van der Waals surface area contributed by atoms with Crippen molar-refractivity contribution in [3.05, 3.63) is 52.1 Å². The summed E-state index contributed by atoms with van der Waals surface area (Å²) in [6.07, 6.45) is -36.2. The highest BCUT2D eigenvalue weighted by atomic mass is 32.1. The molecule has 1 aromatic carbocycles. The van der Waals surface area contributed by atoms with Crippen LogP contribution in [0.5, 0.6) is 0 Å². The molecule has 4 rings (SSSR count). The molecule has 0 spiro atoms. The van der Waals surface area contributed by atoms with Crippen LogP contribution in [0, 0.1) is 23.7 Å². The molecule has 5 amide bonds. The van der Waals surface area contributed by atoms with Crippen LogP contribution in [-0.2, 0) is 64.1 Å². The number of aromatic amines is 1. The molecule has 1 saturated heterocycles. The van der Waals surface area contributed by atoms with E-state index < -0.39 is 293 Å². The largest absolute Gasteiger partial charge is 0.481 e. The van der Waals surface area contributed by atoms with Crippen LogP contribution >= 0.6 is 12.6 Å². The van der Waals surface area contributed by atoms with E-state index in [2.05, 4.69) is 48.5 Å². The van der Waals surface area contributed by atoms with Gasteiger partial charge in [0.25, 0.3) is 11.5 Å². The number of piperazine rings is 1. The van der Waals surface area contributed by atoms with Crippen LogP contribution in [0.4, 0.5) is 11.6 Å². The number of nitrogens with zero attached hydrogens (tertiary/aromatic N) is 5. The second-order valence-corrected chi connectivity index (χ2v) is 27.2. The van der Waals surface area contributed by atoms with E-state index in [1.54, 1.807) is 4.90 Å². The van der Waals surface area contributed by atoms with Crippen LogP contribution in [0.1, 0.15) is 67.4 Å². The van der Waals surface area contributed by atoms with Gasteiger partial charge in [-0.05, 0) is 30.7 Å². The number of H-pyrrole nitrogens is 1. The van der Waals surface area contributed by atoms with Crippen molar-refractivity contribution in [2.45, 2.75) is 155 Å². The molecule has 0 saturated carbocycles. The highest BCUT2D eigenvalue weighted by Crippen LogP contribution is 2.25. The predicted molar refractivity (Wildman–Crippen MR) is 385 cm³/mol. The summed E-state index contributed by atoms with van der Waals surface area (Å²) in [6.45, 7) is -5.75. The number of carbonyl (C=O) groups excluding carboxylic acids is 9. The quantitative estimate of drug-likeness (QED) is 0.0233. The third-order valence-electron chi connectivity index (χ3n) is 18.4. The minimum absolute atomic E-state index is 0.00183. The van der Waals surface area contributed by atoms with Gasteiger partial charge >= 0.3 is 23.9 Å². The monoisotopic (exact) mass is 1650 g/mol. The highest BCUT2D eigenvalue weighted by Gasteiger charge is 2.45. The van der Waals surface area contributed by atoms with Crippen LogP contribution in [0.25, 0.3) is 11.2 Å². The summed E-state index contributed by atoms with van der Waals surface area (Å²) in [6, 6.07) is -2.69. The van der Waals surface area contributed by atoms with Crippen molar-refractivity contribution in [2.75, 3.05) is 89.0 Å². The lowest BCUT2D eigenvalue weighted by Gasteiger charge is -2.35. The van der Waals surface area contributed by atoms with E-state index in [-0.39, 0.29) is 68.5 Å². The van der Waals surface area contributed by atoms with Crippen molar-refractivity contribution in [1.82, 2.24) is 56.3 Å². The minimum Gasteiger partial charge on any atom is -0.481 e. The number of carboxylic acids is 4. The lowest BCUT2D eigenvalue weighted by Crippen LogP contribution is -2.55. The number of hydrogen-bond acceptors (Lipinski definition) is 38. The molecule has 636 valence electrons. The molecule has 3 aromatic rings. The van der Waals surface area contributed by atoms with E-state index in [4.69, 9.17) is 5.73 Å². The van der Waals surface area contributed by atoms with Crippen molar-refractivity contribution in [3.8, 4) is 0 Å². The van der Waals surface area contributed by atoms with E-state index in [0.29, 0.717) is 11.4 Å². The first kappa shape index (κ1) is 96.9. The number of Topliss-reactive ketones (excluding diaryl/α,β-unsaturated/α-hetero) is 4. The van der Waals surface area contributed by atoms with Crippen molar-refractivity contribution in [2.24, 2.45) is 23.7 Å². The summed E-state index contributed by atoms with van der Waals surface area (Å²) in [5.41, 5.74) is 5.49. The molecule has 20 atom stereocenters. The van der Waals surface area contributed by atoms with Crippen molar-refractivity contribution in [3.63, 3.8) is 0 Å². The van der Waals surface area contributed by atoms with E-state index in [1.165, 1.54) is 35.4 Å². The molecule has 0 aliphatic carbocycles. The highest BCUT2D eigenvalue weighted by molar-refractivity contribution is 7.80. The number of nitrogen functional groups attached to an aromatic ring is 1. The number of anilines is 2. The average molecular weight is 1650 g/mol. The van der Waals surface area contributed by atoms with Gasteiger partial charge in [-0.2, -0.15) is 17.6 Å². The Hall–Kier alpha value is -9.42. The predicted octanol–water partition coefficient (Wildman–Crippen LogP) is -13.4. The fourth-order valence-corrected chi connectivity index (χ4v) is 11.9. The zero-order valence-corrected chi connectivity index (χ0v) is 61.6. The van der Waals surface area contributed by atoms with Crippen molar-refractivity contribution < 1.29 is 164 Å². The number of ketones is 4. The van der Waals surface area contributed by atoms with Gasteiger partial charge in [-0.1, -0.05) is 0 Å². The molecule has 48 heteroatoms. The maximum absolute atomic E-state index is 14.2. The molecule has 0 unspecified atom stereocenters.